The fraction of sp³-hybridized carbons (Fsp3) is 0.591. The Bertz CT molecular complexity index is 826. The molecule has 1 aromatic heterocycles. The predicted octanol–water partition coefficient (Wildman–Crippen LogP) is 3.73. The zero-order chi connectivity index (χ0) is 21.6. The van der Waals surface area contributed by atoms with E-state index < -0.39 is 11.5 Å². The molecule has 0 radical (unpaired) electrons. The molecule has 0 bridgehead atoms. The number of carbonyl (C=O) groups is 3. The Morgan fingerprint density at radius 2 is 1.93 bits per heavy atom. The van der Waals surface area contributed by atoms with Gasteiger partial charge in [-0.2, -0.15) is 0 Å². The van der Waals surface area contributed by atoms with Gasteiger partial charge in [0.05, 0.1) is 29.6 Å². The molecule has 1 fully saturated rings. The lowest BCUT2D eigenvalue weighted by Crippen LogP contribution is -2.55. The van der Waals surface area contributed by atoms with E-state index >= 15 is 0 Å². The number of anilines is 1. The van der Waals surface area contributed by atoms with E-state index in [4.69, 9.17) is 4.74 Å². The number of hydrogen-bond acceptors (Lipinski definition) is 5. The van der Waals surface area contributed by atoms with E-state index in [9.17, 15) is 14.4 Å². The van der Waals surface area contributed by atoms with Crippen LogP contribution < -0.4 is 10.2 Å². The van der Waals surface area contributed by atoms with E-state index in [2.05, 4.69) is 17.2 Å². The quantitative estimate of drug-likeness (QED) is 0.584. The zero-order valence-electron chi connectivity index (χ0n) is 17.9. The summed E-state index contributed by atoms with van der Waals surface area (Å²) < 4.78 is 4.97. The van der Waals surface area contributed by atoms with Gasteiger partial charge in [-0.25, -0.2) is 4.79 Å². The molecule has 1 aliphatic rings. The normalized spacial score (nSPS) is 15.2. The molecule has 0 atom stereocenters. The van der Waals surface area contributed by atoms with Gasteiger partial charge in [0, 0.05) is 19.9 Å². The monoisotopic (exact) mass is 418 g/mol. The number of esters is 1. The average Bonchev–Trinajstić information content (AvgIpc) is 3.09. The van der Waals surface area contributed by atoms with Crippen LogP contribution in [0.5, 0.6) is 0 Å². The maximum atomic E-state index is 12.9. The molecular weight excluding hydrogens is 388 g/mol. The van der Waals surface area contributed by atoms with E-state index in [1.54, 1.807) is 18.0 Å². The molecule has 0 aromatic carbocycles. The third kappa shape index (κ3) is 5.39. The van der Waals surface area contributed by atoms with Crippen LogP contribution in [0.2, 0.25) is 0 Å². The van der Waals surface area contributed by atoms with Gasteiger partial charge in [0.2, 0.25) is 11.8 Å². The summed E-state index contributed by atoms with van der Waals surface area (Å²) in [6, 6.07) is 1.79. The molecule has 2 rings (SSSR count). The first-order chi connectivity index (χ1) is 13.7. The number of ether oxygens (including phenoxy) is 1. The molecule has 7 heteroatoms. The van der Waals surface area contributed by atoms with Crippen LogP contribution in [-0.4, -0.2) is 37.5 Å². The summed E-state index contributed by atoms with van der Waals surface area (Å²) in [4.78, 5) is 40.4. The summed E-state index contributed by atoms with van der Waals surface area (Å²) in [7, 11) is 2.92. The van der Waals surface area contributed by atoms with E-state index in [1.807, 2.05) is 13.8 Å². The Balaban J connectivity index is 2.63. The van der Waals surface area contributed by atoms with E-state index in [1.165, 1.54) is 25.4 Å². The van der Waals surface area contributed by atoms with Crippen molar-refractivity contribution >= 4 is 34.8 Å². The van der Waals surface area contributed by atoms with Crippen molar-refractivity contribution in [3.8, 4) is 11.8 Å². The van der Waals surface area contributed by atoms with Crippen molar-refractivity contribution in [2.75, 3.05) is 19.1 Å². The molecule has 1 heterocycles. The summed E-state index contributed by atoms with van der Waals surface area (Å²) in [5.41, 5.74) is -0.162. The van der Waals surface area contributed by atoms with Crippen molar-refractivity contribution < 1.29 is 19.1 Å². The number of methoxy groups -OCH3 is 1. The molecule has 0 unspecified atom stereocenters. The number of carbonyl (C=O) groups excluding carboxylic acids is 3. The summed E-state index contributed by atoms with van der Waals surface area (Å²) >= 11 is 1.22. The smallest absolute Gasteiger partial charge is 0.350 e. The number of nitrogens with zero attached hydrogens (tertiary/aromatic N) is 1. The third-order valence-corrected chi connectivity index (χ3v) is 6.17. The van der Waals surface area contributed by atoms with Gasteiger partial charge < -0.3 is 15.0 Å². The number of amides is 2. The van der Waals surface area contributed by atoms with Gasteiger partial charge in [0.15, 0.2) is 0 Å². The van der Waals surface area contributed by atoms with Crippen LogP contribution in [0.1, 0.15) is 73.8 Å². The van der Waals surface area contributed by atoms with E-state index in [0.29, 0.717) is 28.3 Å². The molecule has 29 heavy (non-hydrogen) atoms. The van der Waals surface area contributed by atoms with Crippen molar-refractivity contribution in [2.24, 2.45) is 5.92 Å². The van der Waals surface area contributed by atoms with Gasteiger partial charge >= 0.3 is 5.97 Å². The number of thiophene rings is 1. The predicted molar refractivity (Wildman–Crippen MR) is 115 cm³/mol. The van der Waals surface area contributed by atoms with Crippen LogP contribution in [0, 0.1) is 17.8 Å². The average molecular weight is 419 g/mol. The summed E-state index contributed by atoms with van der Waals surface area (Å²) in [5, 5.41) is 2.68. The van der Waals surface area contributed by atoms with Crippen molar-refractivity contribution in [2.45, 2.75) is 64.8 Å². The molecule has 6 nitrogen and oxygen atoms in total. The Morgan fingerprint density at radius 1 is 1.28 bits per heavy atom. The highest BCUT2D eigenvalue weighted by atomic mass is 32.1. The SMILES string of the molecule is CNC(=O)CC1(N(C(C)=O)c2cc(C#CC(C)C)sc2C(=O)OC)CCCCC1. The highest BCUT2D eigenvalue weighted by molar-refractivity contribution is 7.15. The van der Waals surface area contributed by atoms with Crippen LogP contribution in [-0.2, 0) is 14.3 Å². The number of rotatable bonds is 5. The fourth-order valence-electron chi connectivity index (χ4n) is 3.90. The molecular formula is C22H30N2O4S. The minimum atomic E-state index is -0.656. The highest BCUT2D eigenvalue weighted by Crippen LogP contribution is 2.43. The highest BCUT2D eigenvalue weighted by Gasteiger charge is 2.43. The van der Waals surface area contributed by atoms with Crippen molar-refractivity contribution in [3.05, 3.63) is 15.8 Å². The fourth-order valence-corrected chi connectivity index (χ4v) is 4.82. The van der Waals surface area contributed by atoms with Gasteiger partial charge in [-0.1, -0.05) is 45.0 Å². The van der Waals surface area contributed by atoms with Gasteiger partial charge in [0.1, 0.15) is 4.88 Å². The molecule has 1 N–H and O–H groups in total. The summed E-state index contributed by atoms with van der Waals surface area (Å²) in [6.45, 7) is 5.47. The maximum Gasteiger partial charge on any atom is 0.350 e. The second-order valence-corrected chi connectivity index (χ2v) is 8.78. The minimum Gasteiger partial charge on any atom is -0.465 e. The number of nitrogens with one attached hydrogen (secondary N) is 1. The van der Waals surface area contributed by atoms with Gasteiger partial charge in [-0.3, -0.25) is 9.59 Å². The molecule has 1 saturated carbocycles. The Hall–Kier alpha value is -2.33. The first-order valence-electron chi connectivity index (χ1n) is 9.99. The van der Waals surface area contributed by atoms with Gasteiger partial charge in [0.25, 0.3) is 0 Å². The third-order valence-electron chi connectivity index (χ3n) is 5.15. The Labute approximate surface area is 177 Å². The molecule has 158 valence electrons. The van der Waals surface area contributed by atoms with Crippen LogP contribution in [0.25, 0.3) is 0 Å². The summed E-state index contributed by atoms with van der Waals surface area (Å²) in [5.74, 6) is 5.56. The standard InChI is InChI=1S/C22H30N2O4S/c1-15(2)9-10-17-13-18(20(29-17)21(27)28-5)24(16(3)25)22(14-19(26)23-4)11-7-6-8-12-22/h13,15H,6-8,11-12,14H2,1-5H3,(H,23,26). The maximum absolute atomic E-state index is 12.9. The largest absolute Gasteiger partial charge is 0.465 e. The van der Waals surface area contributed by atoms with Crippen LogP contribution >= 0.6 is 11.3 Å². The molecule has 0 spiro atoms. The van der Waals surface area contributed by atoms with E-state index in [-0.39, 0.29) is 24.2 Å². The molecule has 1 aliphatic carbocycles. The molecule has 0 saturated heterocycles. The van der Waals surface area contributed by atoms with E-state index in [0.717, 1.165) is 19.3 Å². The van der Waals surface area contributed by atoms with Crippen LogP contribution in [0.4, 0.5) is 5.69 Å². The van der Waals surface area contributed by atoms with Crippen LogP contribution in [0.3, 0.4) is 0 Å². The first-order valence-corrected chi connectivity index (χ1v) is 10.8. The Morgan fingerprint density at radius 3 is 2.45 bits per heavy atom. The topological polar surface area (TPSA) is 75.7 Å². The molecule has 1 aromatic rings. The number of hydrogen-bond donors (Lipinski definition) is 1. The van der Waals surface area contributed by atoms with Crippen molar-refractivity contribution in [3.63, 3.8) is 0 Å². The summed E-state index contributed by atoms with van der Waals surface area (Å²) in [6.07, 6.45) is 4.55. The first kappa shape index (κ1) is 23.0. The van der Waals surface area contributed by atoms with Crippen molar-refractivity contribution in [1.82, 2.24) is 5.32 Å². The van der Waals surface area contributed by atoms with Gasteiger partial charge in [-0.05, 0) is 18.9 Å². The second-order valence-electron chi connectivity index (χ2n) is 7.73. The zero-order valence-corrected chi connectivity index (χ0v) is 18.7. The van der Waals surface area contributed by atoms with Gasteiger partial charge in [-0.15, -0.1) is 11.3 Å². The molecule has 2 amide bonds. The lowest BCUT2D eigenvalue weighted by molar-refractivity contribution is -0.123. The van der Waals surface area contributed by atoms with Crippen LogP contribution in [0.15, 0.2) is 6.07 Å². The second kappa shape index (κ2) is 9.93. The Kier molecular flexibility index (Phi) is 7.86. The van der Waals surface area contributed by atoms with Crippen molar-refractivity contribution in [1.29, 1.82) is 0 Å². The lowest BCUT2D eigenvalue weighted by Gasteiger charge is -2.45. The lowest BCUT2D eigenvalue weighted by atomic mass is 9.77. The minimum absolute atomic E-state index is 0.118. The molecule has 0 aliphatic heterocycles.